The Morgan fingerprint density at radius 2 is 0.581 bits per heavy atom. The first-order valence-electron chi connectivity index (χ1n) is 35.1. The molecule has 0 heterocycles. The van der Waals surface area contributed by atoms with Crippen molar-refractivity contribution in [2.24, 2.45) is 0 Å². The van der Waals surface area contributed by atoms with Crippen LogP contribution in [0.3, 0.4) is 0 Å². The number of esters is 3. The van der Waals surface area contributed by atoms with Gasteiger partial charge in [0.1, 0.15) is 25.4 Å². The molecule has 0 bridgehead atoms. The Hall–Kier alpha value is -4.57. The van der Waals surface area contributed by atoms with Crippen molar-refractivity contribution in [1.82, 2.24) is 0 Å². The van der Waals surface area contributed by atoms with E-state index in [2.05, 4.69) is 154 Å². The quantitative estimate of drug-likeness (QED) is 0.0146. The second-order valence-electron chi connectivity index (χ2n) is 22.9. The molecule has 0 aromatic carbocycles. The molecule has 0 spiro atoms. The smallest absolute Gasteiger partial charge is 0.463 e. The van der Waals surface area contributed by atoms with Crippen LogP contribution >= 0.6 is 15.6 Å². The molecule has 0 aliphatic rings. The highest BCUT2D eigenvalue weighted by atomic mass is 31.2. The maximum atomic E-state index is 12.9. The van der Waals surface area contributed by atoms with Gasteiger partial charge in [0.05, 0.1) is 26.4 Å². The largest absolute Gasteiger partial charge is 0.472 e. The Kier molecular flexibility index (Phi) is 64.1. The van der Waals surface area contributed by atoms with Gasteiger partial charge in [0.2, 0.25) is 0 Å². The van der Waals surface area contributed by atoms with Crippen molar-refractivity contribution in [1.29, 1.82) is 0 Å². The van der Waals surface area contributed by atoms with Crippen molar-refractivity contribution in [2.45, 2.75) is 270 Å². The van der Waals surface area contributed by atoms with E-state index in [0.29, 0.717) is 25.7 Å². The summed E-state index contributed by atoms with van der Waals surface area (Å²) in [6.45, 7) is 2.26. The van der Waals surface area contributed by atoms with Crippen LogP contribution in [0.15, 0.2) is 146 Å². The van der Waals surface area contributed by atoms with Crippen LogP contribution in [0.5, 0.6) is 0 Å². The summed E-state index contributed by atoms with van der Waals surface area (Å²) < 4.78 is 60.8. The number of phosphoric ester groups is 2. The Bertz CT molecular complexity index is 2280. The lowest BCUT2D eigenvalue weighted by atomic mass is 10.0. The van der Waals surface area contributed by atoms with E-state index in [-0.39, 0.29) is 19.3 Å². The summed E-state index contributed by atoms with van der Waals surface area (Å²) in [4.78, 5) is 58.3. The molecule has 5 atom stereocenters. The Morgan fingerprint density at radius 3 is 0.946 bits per heavy atom. The Balaban J connectivity index is 4.57. The van der Waals surface area contributed by atoms with Crippen molar-refractivity contribution < 1.29 is 75.8 Å². The van der Waals surface area contributed by atoms with Gasteiger partial charge in [-0.15, -0.1) is 0 Å². The predicted octanol–water partition coefficient (Wildman–Crippen LogP) is 19.8. The summed E-state index contributed by atoms with van der Waals surface area (Å²) in [7, 11) is -9.80. The lowest BCUT2D eigenvalue weighted by Gasteiger charge is -2.21. The summed E-state index contributed by atoms with van der Waals surface area (Å²) in [6, 6.07) is 0. The Morgan fingerprint density at radius 1 is 0.312 bits per heavy atom. The van der Waals surface area contributed by atoms with Crippen LogP contribution in [0, 0.1) is 0 Å². The van der Waals surface area contributed by atoms with E-state index in [0.717, 1.165) is 141 Å². The minimum absolute atomic E-state index is 0.0719. The van der Waals surface area contributed by atoms with Crippen molar-refractivity contribution in [2.75, 3.05) is 39.6 Å². The highest BCUT2D eigenvalue weighted by molar-refractivity contribution is 7.47. The molecule has 0 saturated heterocycles. The van der Waals surface area contributed by atoms with Crippen LogP contribution < -0.4 is 0 Å². The van der Waals surface area contributed by atoms with Crippen molar-refractivity contribution in [3.63, 3.8) is 0 Å². The van der Waals surface area contributed by atoms with Crippen LogP contribution in [0.4, 0.5) is 0 Å². The number of hydrogen-bond donors (Lipinski definition) is 4. The van der Waals surface area contributed by atoms with Gasteiger partial charge >= 0.3 is 33.6 Å². The van der Waals surface area contributed by atoms with Crippen LogP contribution in [0.2, 0.25) is 0 Å². The summed E-state index contributed by atoms with van der Waals surface area (Å²) in [5.74, 6) is -1.67. The second-order valence-corrected chi connectivity index (χ2v) is 25.8. The van der Waals surface area contributed by atoms with Crippen molar-refractivity contribution in [3.8, 4) is 0 Å². The van der Waals surface area contributed by atoms with E-state index >= 15 is 0 Å². The molecular formula is C75H124O16P2. The van der Waals surface area contributed by atoms with Gasteiger partial charge in [-0.1, -0.05) is 250 Å². The fourth-order valence-corrected chi connectivity index (χ4v) is 10.3. The predicted molar refractivity (Wildman–Crippen MR) is 380 cm³/mol. The number of allylic oxidation sites excluding steroid dienone is 24. The normalized spacial score (nSPS) is 15.0. The van der Waals surface area contributed by atoms with Gasteiger partial charge in [0.15, 0.2) is 6.10 Å². The molecule has 0 saturated carbocycles. The van der Waals surface area contributed by atoms with Gasteiger partial charge in [-0.2, -0.15) is 0 Å². The molecule has 0 rings (SSSR count). The fraction of sp³-hybridized carbons (Fsp3) is 0.640. The zero-order valence-electron chi connectivity index (χ0n) is 57.4. The number of phosphoric acid groups is 2. The summed E-state index contributed by atoms with van der Waals surface area (Å²) in [6.07, 6.45) is 80.6. The number of carbonyl (C=O) groups excluding carboxylic acids is 3. The molecule has 0 aliphatic heterocycles. The van der Waals surface area contributed by atoms with Crippen LogP contribution in [-0.2, 0) is 55.8 Å². The van der Waals surface area contributed by atoms with Crippen LogP contribution in [0.1, 0.15) is 252 Å². The molecule has 0 radical (unpaired) electrons. The lowest BCUT2D eigenvalue weighted by Crippen LogP contribution is -2.30. The molecule has 530 valence electrons. The van der Waals surface area contributed by atoms with Gasteiger partial charge in [0.25, 0.3) is 0 Å². The molecule has 0 aromatic heterocycles. The topological polar surface area (TPSA) is 231 Å². The van der Waals surface area contributed by atoms with Gasteiger partial charge in [-0.3, -0.25) is 32.5 Å². The second kappa shape index (κ2) is 67.4. The number of carbonyl (C=O) groups is 3. The van der Waals surface area contributed by atoms with Crippen LogP contribution in [-0.4, -0.2) is 95.9 Å². The van der Waals surface area contributed by atoms with E-state index in [1.165, 1.54) is 44.9 Å². The van der Waals surface area contributed by atoms with Gasteiger partial charge in [-0.25, -0.2) is 9.13 Å². The first-order chi connectivity index (χ1) is 45.2. The lowest BCUT2D eigenvalue weighted by molar-refractivity contribution is -0.161. The molecule has 18 heteroatoms. The molecule has 0 fully saturated rings. The van der Waals surface area contributed by atoms with Crippen LogP contribution in [0.25, 0.3) is 0 Å². The first-order valence-corrected chi connectivity index (χ1v) is 38.1. The maximum Gasteiger partial charge on any atom is 0.472 e. The van der Waals surface area contributed by atoms with E-state index in [1.807, 2.05) is 12.2 Å². The van der Waals surface area contributed by atoms with Crippen molar-refractivity contribution in [3.05, 3.63) is 146 Å². The molecule has 5 unspecified atom stereocenters. The van der Waals surface area contributed by atoms with Gasteiger partial charge in [-0.05, 0) is 128 Å². The number of aliphatic hydroxyl groups excluding tert-OH is 2. The zero-order valence-corrected chi connectivity index (χ0v) is 59.2. The number of ether oxygens (including phenoxy) is 3. The van der Waals surface area contributed by atoms with Crippen molar-refractivity contribution >= 4 is 33.6 Å². The number of hydrogen-bond acceptors (Lipinski definition) is 14. The number of aliphatic hydroxyl groups is 2. The number of unbranched alkanes of at least 4 members (excludes halogenated alkanes) is 18. The third kappa shape index (κ3) is 68.6. The Labute approximate surface area is 562 Å². The first kappa shape index (κ1) is 88.4. The maximum absolute atomic E-state index is 12.9. The van der Waals surface area contributed by atoms with E-state index in [1.54, 1.807) is 0 Å². The average Bonchev–Trinajstić information content (AvgIpc) is 2.77. The molecule has 93 heavy (non-hydrogen) atoms. The van der Waals surface area contributed by atoms with E-state index in [4.69, 9.17) is 32.3 Å². The van der Waals surface area contributed by atoms with E-state index < -0.39 is 91.5 Å². The minimum Gasteiger partial charge on any atom is -0.463 e. The number of rotatable bonds is 65. The zero-order chi connectivity index (χ0) is 68.1. The standard InChI is InChI=1S/C75H124O16P2/c1-4-7-10-13-16-19-22-25-27-29-30-31-32-33-34-35-36-37-38-40-42-44-46-49-52-55-58-61-73(78)85-64-70(76)65-87-92(81,82)88-66-71(77)67-89-93(83,84)90-69-72(91-75(80)63-60-57-54-51-48-43-24-21-18-15-12-9-6-3)68-86-74(79)62-59-56-53-50-47-45-41-39-28-26-23-20-17-14-11-8-5-2/h7-8,10-12,15-17,19-21,24-28,30-31,33-34,41,45,50,53,70-72,76-77H,4-6,9,13-14,18,22-23,29,32,35-40,42-44,46-49,51-52,54-69H2,1-3H3,(H,81,82)(H,83,84)/b10-7-,11-8-,15-12-,19-16-,20-17-,24-21-,27-25-,28-26-,31-30-,34-33-,45-41-,53-50-. The summed E-state index contributed by atoms with van der Waals surface area (Å²) in [5.41, 5.74) is 0. The average molecular weight is 1340 g/mol. The molecule has 0 aliphatic carbocycles. The molecule has 0 aromatic rings. The molecule has 4 N–H and O–H groups in total. The monoisotopic (exact) mass is 1340 g/mol. The third-order valence-electron chi connectivity index (χ3n) is 14.0. The SMILES string of the molecule is CC/C=C\C/C=C\C/C=C\C/C=C\C/C=C\CCCCCCCCCCCCCC(=O)OCC(O)COP(=O)(O)OCC(O)COP(=O)(O)OCC(COC(=O)CCC/C=C\C/C=C\C/C=C\C/C=C\C/C=C\CC)OC(=O)CCCCCCC/C=C\C/C=C\CCC. The molecule has 0 amide bonds. The van der Waals surface area contributed by atoms with Gasteiger partial charge in [0, 0.05) is 19.3 Å². The minimum atomic E-state index is -4.94. The van der Waals surface area contributed by atoms with Gasteiger partial charge < -0.3 is 34.2 Å². The third-order valence-corrected chi connectivity index (χ3v) is 15.9. The van der Waals surface area contributed by atoms with E-state index in [9.17, 15) is 43.5 Å². The fourth-order valence-electron chi connectivity index (χ4n) is 8.73. The summed E-state index contributed by atoms with van der Waals surface area (Å²) >= 11 is 0. The summed E-state index contributed by atoms with van der Waals surface area (Å²) in [5, 5.41) is 20.6. The molecule has 16 nitrogen and oxygen atoms in total. The highest BCUT2D eigenvalue weighted by Crippen LogP contribution is 2.45. The molecular weight excluding hydrogens is 1220 g/mol. The highest BCUT2D eigenvalue weighted by Gasteiger charge is 2.29.